The molecule has 0 fully saturated rings. The minimum Gasteiger partial charge on any atom is -1.00 e. The quantitative estimate of drug-likeness (QED) is 0.297. The number of fused-ring (bicyclic) bond motifs is 3. The fraction of sp³-hybridized carbons (Fsp3) is 0.0417. The highest BCUT2D eigenvalue weighted by Gasteiger charge is 2.32. The molecular formula is C24H15Br2F3N2. The zero-order valence-corrected chi connectivity index (χ0v) is 19.1. The Morgan fingerprint density at radius 3 is 2.29 bits per heavy atom. The van der Waals surface area contributed by atoms with Crippen molar-refractivity contribution in [1.82, 2.24) is 4.57 Å². The van der Waals surface area contributed by atoms with Crippen LogP contribution in [0.1, 0.15) is 5.56 Å². The Kier molecular flexibility index (Phi) is 5.66. The molecule has 0 aliphatic heterocycles. The standard InChI is InChI=1S/C24H15BrF3N2.BrH/c25-19-11-8-17(9-12-19)22-15-29-21-7-2-1-4-16(21)10-13-23(29)30(22)20-6-3-5-18(14-20)24(26,27)28;/h1-15H;1H/q+1;/p-1. The molecular weight excluding hydrogens is 533 g/mol. The Morgan fingerprint density at radius 1 is 0.806 bits per heavy atom. The summed E-state index contributed by atoms with van der Waals surface area (Å²) in [6.45, 7) is 0. The minimum absolute atomic E-state index is 0. The fourth-order valence-electron chi connectivity index (χ4n) is 3.75. The summed E-state index contributed by atoms with van der Waals surface area (Å²) < 4.78 is 45.0. The van der Waals surface area contributed by atoms with E-state index in [4.69, 9.17) is 0 Å². The molecule has 0 saturated carbocycles. The van der Waals surface area contributed by atoms with Crippen molar-refractivity contribution in [3.05, 3.63) is 101 Å². The van der Waals surface area contributed by atoms with Gasteiger partial charge in [0.25, 0.3) is 5.65 Å². The van der Waals surface area contributed by atoms with Gasteiger partial charge in [0, 0.05) is 21.5 Å². The van der Waals surface area contributed by atoms with E-state index >= 15 is 0 Å². The third-order valence-electron chi connectivity index (χ3n) is 5.15. The monoisotopic (exact) mass is 546 g/mol. The first-order valence-corrected chi connectivity index (χ1v) is 10.1. The van der Waals surface area contributed by atoms with Crippen molar-refractivity contribution in [3.63, 3.8) is 0 Å². The van der Waals surface area contributed by atoms with Gasteiger partial charge in [-0.2, -0.15) is 22.1 Å². The molecule has 7 heteroatoms. The van der Waals surface area contributed by atoms with Crippen LogP contribution in [-0.4, -0.2) is 4.57 Å². The fourth-order valence-corrected chi connectivity index (χ4v) is 4.02. The predicted octanol–water partition coefficient (Wildman–Crippen LogP) is 3.82. The van der Waals surface area contributed by atoms with E-state index in [9.17, 15) is 13.2 Å². The van der Waals surface area contributed by atoms with Gasteiger partial charge in [-0.3, -0.25) is 0 Å². The van der Waals surface area contributed by atoms with E-state index in [0.29, 0.717) is 5.69 Å². The number of imidazole rings is 1. The summed E-state index contributed by atoms with van der Waals surface area (Å²) in [7, 11) is 0. The molecule has 2 nitrogen and oxygen atoms in total. The summed E-state index contributed by atoms with van der Waals surface area (Å²) >= 11 is 3.44. The van der Waals surface area contributed by atoms with E-state index in [1.807, 2.05) is 75.8 Å². The molecule has 5 aromatic rings. The molecule has 3 aromatic carbocycles. The van der Waals surface area contributed by atoms with Crippen molar-refractivity contribution >= 4 is 32.5 Å². The molecule has 2 heterocycles. The molecule has 0 bridgehead atoms. The number of benzene rings is 3. The van der Waals surface area contributed by atoms with E-state index in [1.165, 1.54) is 12.1 Å². The van der Waals surface area contributed by atoms with Crippen LogP contribution in [0.25, 0.3) is 33.5 Å². The first-order chi connectivity index (χ1) is 14.4. The molecule has 0 aliphatic rings. The van der Waals surface area contributed by atoms with Crippen LogP contribution < -0.4 is 21.4 Å². The van der Waals surface area contributed by atoms with Crippen LogP contribution in [0.15, 0.2) is 95.6 Å². The number of halogens is 5. The summed E-state index contributed by atoms with van der Waals surface area (Å²) in [6.07, 6.45) is -2.43. The first kappa shape index (κ1) is 21.6. The van der Waals surface area contributed by atoms with Crippen molar-refractivity contribution in [3.8, 4) is 16.9 Å². The van der Waals surface area contributed by atoms with Gasteiger partial charge < -0.3 is 17.0 Å². The van der Waals surface area contributed by atoms with Crippen LogP contribution in [0.4, 0.5) is 13.2 Å². The summed E-state index contributed by atoms with van der Waals surface area (Å²) in [5.41, 5.74) is 3.27. The van der Waals surface area contributed by atoms with E-state index in [0.717, 1.165) is 38.3 Å². The molecule has 5 rings (SSSR count). The molecule has 0 spiro atoms. The zero-order valence-electron chi connectivity index (χ0n) is 15.9. The third-order valence-corrected chi connectivity index (χ3v) is 5.68. The van der Waals surface area contributed by atoms with Gasteiger partial charge in [-0.25, -0.2) is 0 Å². The molecule has 0 N–H and O–H groups in total. The number of hydrogen-bond donors (Lipinski definition) is 0. The molecule has 0 saturated heterocycles. The van der Waals surface area contributed by atoms with Crippen LogP contribution in [0.5, 0.6) is 0 Å². The highest BCUT2D eigenvalue weighted by atomic mass is 79.9. The van der Waals surface area contributed by atoms with Crippen LogP contribution in [0.3, 0.4) is 0 Å². The van der Waals surface area contributed by atoms with Gasteiger partial charge in [0.15, 0.2) is 5.69 Å². The van der Waals surface area contributed by atoms with E-state index in [-0.39, 0.29) is 17.0 Å². The first-order valence-electron chi connectivity index (χ1n) is 9.30. The second kappa shape index (κ2) is 8.13. The summed E-state index contributed by atoms with van der Waals surface area (Å²) in [5, 5.41) is 1.05. The number of pyridine rings is 1. The van der Waals surface area contributed by atoms with Gasteiger partial charge in [-0.1, -0.05) is 40.2 Å². The Balaban J connectivity index is 0.00000231. The molecule has 0 aliphatic carbocycles. The Hall–Kier alpha value is -2.64. The number of aromatic nitrogens is 2. The average molecular weight is 548 g/mol. The van der Waals surface area contributed by atoms with Gasteiger partial charge in [0.05, 0.1) is 5.56 Å². The lowest BCUT2D eigenvalue weighted by Gasteiger charge is -2.08. The summed E-state index contributed by atoms with van der Waals surface area (Å²) in [6, 6.07) is 25.0. The second-order valence-electron chi connectivity index (χ2n) is 7.03. The molecule has 31 heavy (non-hydrogen) atoms. The maximum atomic E-state index is 13.4. The molecule has 0 amide bonds. The van der Waals surface area contributed by atoms with Crippen LogP contribution in [0.2, 0.25) is 0 Å². The summed E-state index contributed by atoms with van der Waals surface area (Å²) in [4.78, 5) is 0. The molecule has 0 radical (unpaired) electrons. The summed E-state index contributed by atoms with van der Waals surface area (Å²) in [5.74, 6) is 0. The number of rotatable bonds is 2. The van der Waals surface area contributed by atoms with Gasteiger partial charge in [-0.15, -0.1) is 0 Å². The molecule has 0 atom stereocenters. The van der Waals surface area contributed by atoms with Crippen molar-refractivity contribution in [2.24, 2.45) is 0 Å². The van der Waals surface area contributed by atoms with Crippen LogP contribution >= 0.6 is 15.9 Å². The second-order valence-corrected chi connectivity index (χ2v) is 7.94. The number of nitrogens with zero attached hydrogens (tertiary/aromatic N) is 2. The maximum absolute atomic E-state index is 13.4. The smallest absolute Gasteiger partial charge is 0.416 e. The van der Waals surface area contributed by atoms with Crippen molar-refractivity contribution in [2.45, 2.75) is 6.18 Å². The lowest BCUT2D eigenvalue weighted by Crippen LogP contribution is -3.00. The molecule has 0 unspecified atom stereocenters. The SMILES string of the molecule is FC(F)(F)c1cccc(-n2c(-c3ccc(Br)cc3)c[n+]3c4ccccc4ccc23)c1.[Br-]. The van der Waals surface area contributed by atoms with Gasteiger partial charge in [0.2, 0.25) is 0 Å². The average Bonchev–Trinajstić information content (AvgIpc) is 3.14. The van der Waals surface area contributed by atoms with Gasteiger partial charge in [0.1, 0.15) is 17.4 Å². The number of para-hydroxylation sites is 1. The molecule has 2 aromatic heterocycles. The lowest BCUT2D eigenvalue weighted by molar-refractivity contribution is -0.479. The molecule has 156 valence electrons. The van der Waals surface area contributed by atoms with Crippen molar-refractivity contribution < 1.29 is 34.6 Å². The minimum atomic E-state index is -4.41. The number of hydrogen-bond acceptors (Lipinski definition) is 0. The zero-order chi connectivity index (χ0) is 20.9. The predicted molar refractivity (Wildman–Crippen MR) is 115 cm³/mol. The van der Waals surface area contributed by atoms with Crippen LogP contribution in [0, 0.1) is 0 Å². The Morgan fingerprint density at radius 2 is 1.55 bits per heavy atom. The largest absolute Gasteiger partial charge is 1.00 e. The van der Waals surface area contributed by atoms with E-state index in [1.54, 1.807) is 6.07 Å². The van der Waals surface area contributed by atoms with Gasteiger partial charge in [-0.05, 0) is 54.6 Å². The van der Waals surface area contributed by atoms with E-state index < -0.39 is 11.7 Å². The van der Waals surface area contributed by atoms with Crippen LogP contribution in [-0.2, 0) is 6.18 Å². The van der Waals surface area contributed by atoms with Crippen molar-refractivity contribution in [2.75, 3.05) is 0 Å². The normalized spacial score (nSPS) is 11.6. The Labute approximate surface area is 195 Å². The Bertz CT molecular complexity index is 1390. The maximum Gasteiger partial charge on any atom is 0.416 e. The topological polar surface area (TPSA) is 9.03 Å². The highest BCUT2D eigenvalue weighted by Crippen LogP contribution is 2.33. The highest BCUT2D eigenvalue weighted by molar-refractivity contribution is 9.10. The van der Waals surface area contributed by atoms with E-state index in [2.05, 4.69) is 15.9 Å². The van der Waals surface area contributed by atoms with Crippen molar-refractivity contribution in [1.29, 1.82) is 0 Å². The lowest BCUT2D eigenvalue weighted by atomic mass is 10.1. The third kappa shape index (κ3) is 3.88. The number of alkyl halides is 3. The van der Waals surface area contributed by atoms with Gasteiger partial charge >= 0.3 is 6.18 Å².